The van der Waals surface area contributed by atoms with Gasteiger partial charge in [-0.15, -0.1) is 5.10 Å². The topological polar surface area (TPSA) is 103 Å². The van der Waals surface area contributed by atoms with Gasteiger partial charge in [0, 0.05) is 49.8 Å². The van der Waals surface area contributed by atoms with E-state index in [0.717, 1.165) is 59.6 Å². The zero-order valence-corrected chi connectivity index (χ0v) is 19.1. The maximum atomic E-state index is 5.48. The van der Waals surface area contributed by atoms with Gasteiger partial charge in [-0.05, 0) is 48.6 Å². The van der Waals surface area contributed by atoms with Crippen LogP contribution in [0.3, 0.4) is 0 Å². The minimum absolute atomic E-state index is 0.359. The van der Waals surface area contributed by atoms with Crippen molar-refractivity contribution in [1.82, 2.24) is 29.9 Å². The Balaban J connectivity index is 1.43. The molecule has 0 bridgehead atoms. The third kappa shape index (κ3) is 4.78. The first-order valence-corrected chi connectivity index (χ1v) is 11.3. The van der Waals surface area contributed by atoms with Crippen LogP contribution in [0.2, 0.25) is 0 Å². The molecule has 0 atom stereocenters. The van der Waals surface area contributed by atoms with E-state index in [1.165, 1.54) is 0 Å². The molecule has 2 N–H and O–H groups in total. The van der Waals surface area contributed by atoms with Crippen LogP contribution >= 0.6 is 0 Å². The molecular formula is C24H28N8O. The van der Waals surface area contributed by atoms with E-state index in [1.807, 2.05) is 42.3 Å². The molecule has 9 heteroatoms. The van der Waals surface area contributed by atoms with Crippen molar-refractivity contribution in [3.63, 3.8) is 0 Å². The Labute approximate surface area is 192 Å². The third-order valence-electron chi connectivity index (χ3n) is 5.84. The van der Waals surface area contributed by atoms with Crippen LogP contribution in [0.5, 0.6) is 0 Å². The average Bonchev–Trinajstić information content (AvgIpc) is 3.19. The highest BCUT2D eigenvalue weighted by atomic mass is 16.5. The predicted molar refractivity (Wildman–Crippen MR) is 129 cm³/mol. The molecule has 33 heavy (non-hydrogen) atoms. The molecule has 0 aliphatic carbocycles. The van der Waals surface area contributed by atoms with Crippen molar-refractivity contribution >= 4 is 28.5 Å². The molecule has 0 saturated carbocycles. The number of fused-ring (bicyclic) bond motifs is 1. The van der Waals surface area contributed by atoms with Gasteiger partial charge in [0.2, 0.25) is 0 Å². The van der Waals surface area contributed by atoms with Crippen molar-refractivity contribution in [2.75, 3.05) is 23.8 Å². The van der Waals surface area contributed by atoms with Crippen molar-refractivity contribution < 1.29 is 4.74 Å². The molecule has 4 aromatic heterocycles. The van der Waals surface area contributed by atoms with Gasteiger partial charge in [0.05, 0.1) is 17.2 Å². The normalized spacial score (nSPS) is 14.7. The Hall–Kier alpha value is -3.59. The molecule has 0 radical (unpaired) electrons. The lowest BCUT2D eigenvalue weighted by Gasteiger charge is -2.23. The van der Waals surface area contributed by atoms with E-state index in [9.17, 15) is 0 Å². The van der Waals surface area contributed by atoms with Crippen LogP contribution in [-0.4, -0.2) is 49.2 Å². The monoisotopic (exact) mass is 444 g/mol. The molecule has 0 unspecified atom stereocenters. The Kier molecular flexibility index (Phi) is 5.87. The Morgan fingerprint density at radius 1 is 1.06 bits per heavy atom. The number of anilines is 3. The molecule has 1 saturated heterocycles. The summed E-state index contributed by atoms with van der Waals surface area (Å²) < 4.78 is 7.31. The fourth-order valence-corrected chi connectivity index (χ4v) is 3.95. The lowest BCUT2D eigenvalue weighted by molar-refractivity contribution is 0.0904. The smallest absolute Gasteiger partial charge is 0.156 e. The fraction of sp³-hybridized carbons (Fsp3) is 0.375. The Morgan fingerprint density at radius 3 is 2.73 bits per heavy atom. The number of aryl methyl sites for hydroxylation is 1. The lowest BCUT2D eigenvalue weighted by Crippen LogP contribution is -2.28. The van der Waals surface area contributed by atoms with Crippen LogP contribution in [-0.2, 0) is 11.8 Å². The second-order valence-corrected chi connectivity index (χ2v) is 8.71. The first-order valence-electron chi connectivity index (χ1n) is 11.3. The van der Waals surface area contributed by atoms with Gasteiger partial charge in [-0.1, -0.05) is 13.8 Å². The van der Waals surface area contributed by atoms with E-state index in [4.69, 9.17) is 9.72 Å². The van der Waals surface area contributed by atoms with Crippen LogP contribution in [0.25, 0.3) is 22.2 Å². The number of nitrogens with zero attached hydrogens (tertiary/aromatic N) is 6. The summed E-state index contributed by atoms with van der Waals surface area (Å²) in [5.41, 5.74) is 4.73. The van der Waals surface area contributed by atoms with Gasteiger partial charge in [0.25, 0.3) is 0 Å². The second kappa shape index (κ2) is 9.11. The van der Waals surface area contributed by atoms with Crippen molar-refractivity contribution in [3.05, 3.63) is 48.4 Å². The van der Waals surface area contributed by atoms with Gasteiger partial charge in [-0.2, -0.15) is 10.2 Å². The van der Waals surface area contributed by atoms with Crippen LogP contribution in [0, 0.1) is 0 Å². The molecule has 1 fully saturated rings. The summed E-state index contributed by atoms with van der Waals surface area (Å²) in [6.07, 6.45) is 7.63. The number of hydrogen-bond acceptors (Lipinski definition) is 8. The van der Waals surface area contributed by atoms with E-state index < -0.39 is 0 Å². The van der Waals surface area contributed by atoms with Crippen molar-refractivity contribution in [2.45, 2.75) is 38.6 Å². The number of nitrogens with one attached hydrogen (secondary N) is 2. The first-order chi connectivity index (χ1) is 16.0. The highest BCUT2D eigenvalue weighted by Crippen LogP contribution is 2.30. The van der Waals surface area contributed by atoms with Gasteiger partial charge in [0.1, 0.15) is 5.82 Å². The van der Waals surface area contributed by atoms with Gasteiger partial charge in [0.15, 0.2) is 11.6 Å². The predicted octanol–water partition coefficient (Wildman–Crippen LogP) is 4.28. The summed E-state index contributed by atoms with van der Waals surface area (Å²) in [6.45, 7) is 5.82. The minimum atomic E-state index is 0.359. The number of hydrogen-bond donors (Lipinski definition) is 2. The molecule has 9 nitrogen and oxygen atoms in total. The molecule has 4 aromatic rings. The van der Waals surface area contributed by atoms with Crippen molar-refractivity contribution in [2.24, 2.45) is 7.05 Å². The van der Waals surface area contributed by atoms with E-state index in [1.54, 1.807) is 6.20 Å². The summed E-state index contributed by atoms with van der Waals surface area (Å²) in [7, 11) is 1.93. The van der Waals surface area contributed by atoms with E-state index in [-0.39, 0.29) is 0 Å². The summed E-state index contributed by atoms with van der Waals surface area (Å²) in [4.78, 5) is 9.41. The average molecular weight is 445 g/mol. The first kappa shape index (κ1) is 21.3. The zero-order valence-electron chi connectivity index (χ0n) is 19.1. The van der Waals surface area contributed by atoms with Crippen LogP contribution in [0.4, 0.5) is 17.5 Å². The second-order valence-electron chi connectivity index (χ2n) is 8.71. The number of aromatic nitrogens is 6. The van der Waals surface area contributed by atoms with E-state index in [0.29, 0.717) is 23.6 Å². The Morgan fingerprint density at radius 2 is 1.91 bits per heavy atom. The molecule has 0 amide bonds. The summed E-state index contributed by atoms with van der Waals surface area (Å²) in [6, 6.07) is 8.27. The molecule has 170 valence electrons. The largest absolute Gasteiger partial charge is 0.381 e. The number of ether oxygens (including phenoxy) is 1. The molecular weight excluding hydrogens is 416 g/mol. The van der Waals surface area contributed by atoms with Crippen LogP contribution in [0.15, 0.2) is 42.9 Å². The van der Waals surface area contributed by atoms with E-state index in [2.05, 4.69) is 50.8 Å². The number of rotatable bonds is 6. The highest BCUT2D eigenvalue weighted by molar-refractivity contribution is 5.84. The minimum Gasteiger partial charge on any atom is -0.381 e. The van der Waals surface area contributed by atoms with Gasteiger partial charge < -0.3 is 15.4 Å². The fourth-order valence-electron chi connectivity index (χ4n) is 3.95. The van der Waals surface area contributed by atoms with E-state index >= 15 is 0 Å². The van der Waals surface area contributed by atoms with Crippen molar-refractivity contribution in [3.8, 4) is 11.1 Å². The lowest BCUT2D eigenvalue weighted by atomic mass is 10.1. The van der Waals surface area contributed by atoms with Crippen LogP contribution < -0.4 is 10.6 Å². The van der Waals surface area contributed by atoms with Gasteiger partial charge in [-0.3, -0.25) is 9.67 Å². The quantitative estimate of drug-likeness (QED) is 0.454. The number of pyridine rings is 2. The van der Waals surface area contributed by atoms with Crippen molar-refractivity contribution in [1.29, 1.82) is 0 Å². The highest BCUT2D eigenvalue weighted by Gasteiger charge is 2.18. The molecule has 5 rings (SSSR count). The van der Waals surface area contributed by atoms with Gasteiger partial charge >= 0.3 is 0 Å². The molecule has 1 aliphatic heterocycles. The maximum absolute atomic E-state index is 5.48. The summed E-state index contributed by atoms with van der Waals surface area (Å²) >= 11 is 0. The third-order valence-corrected chi connectivity index (χ3v) is 5.84. The molecule has 0 spiro atoms. The molecule has 1 aliphatic rings. The summed E-state index contributed by atoms with van der Waals surface area (Å²) in [5.74, 6) is 2.61. The Bertz CT molecular complexity index is 1260. The molecule has 0 aromatic carbocycles. The molecule has 5 heterocycles. The SMILES string of the molecule is CC(C)c1cnnc(Nc2ccc3ncc(-c4cn(C)nc4NC4CCOCC4)cc3n2)c1. The van der Waals surface area contributed by atoms with Gasteiger partial charge in [-0.25, -0.2) is 4.98 Å². The standard InChI is InChI=1S/C24H28N8O/c1-15(2)16-11-23(30-26-13-16)29-22-5-4-20-21(28-22)10-17(12-25-20)19-14-32(3)31-24(19)27-18-6-8-33-9-7-18/h4-5,10-15,18H,6-9H2,1-3H3,(H,27,31)(H,28,29,30). The zero-order chi connectivity index (χ0) is 22.8. The summed E-state index contributed by atoms with van der Waals surface area (Å²) in [5, 5.41) is 19.8. The maximum Gasteiger partial charge on any atom is 0.156 e. The van der Waals surface area contributed by atoms with Crippen LogP contribution in [0.1, 0.15) is 38.2 Å².